The van der Waals surface area contributed by atoms with E-state index in [1.54, 1.807) is 0 Å². The van der Waals surface area contributed by atoms with Gasteiger partial charge in [-0.15, -0.1) is 0 Å². The standard InChI is InChI=1S/C20H16Cl3N3O3S/c21-14-7-6-13(10-15(14)22)30(28,29)25-8-9-26-16(11-25)17(20(24)27)18(23)19(26)12-4-2-1-3-5-12/h1-7,10H,8-9,11H2,(H2,24,27). The number of aromatic nitrogens is 1. The molecule has 0 saturated heterocycles. The van der Waals surface area contributed by atoms with E-state index in [0.29, 0.717) is 17.9 Å². The van der Waals surface area contributed by atoms with E-state index < -0.39 is 15.9 Å². The zero-order valence-corrected chi connectivity index (χ0v) is 18.6. The van der Waals surface area contributed by atoms with E-state index in [0.717, 1.165) is 5.56 Å². The van der Waals surface area contributed by atoms with Gasteiger partial charge in [-0.2, -0.15) is 4.31 Å². The van der Waals surface area contributed by atoms with Crippen molar-refractivity contribution in [2.75, 3.05) is 6.54 Å². The normalized spacial score (nSPS) is 14.5. The molecular formula is C20H16Cl3N3O3S. The number of sulfonamides is 1. The Balaban J connectivity index is 1.80. The van der Waals surface area contributed by atoms with E-state index in [2.05, 4.69) is 0 Å². The molecule has 1 aliphatic heterocycles. The average Bonchev–Trinajstić information content (AvgIpc) is 3.01. The van der Waals surface area contributed by atoms with Crippen molar-refractivity contribution in [2.45, 2.75) is 18.0 Å². The predicted octanol–water partition coefficient (Wildman–Crippen LogP) is 4.42. The summed E-state index contributed by atoms with van der Waals surface area (Å²) in [6.45, 7) is 0.457. The maximum Gasteiger partial charge on any atom is 0.252 e. The number of hydrogen-bond acceptors (Lipinski definition) is 3. The van der Waals surface area contributed by atoms with Gasteiger partial charge < -0.3 is 10.3 Å². The molecule has 30 heavy (non-hydrogen) atoms. The number of benzene rings is 2. The molecule has 0 aliphatic carbocycles. The highest BCUT2D eigenvalue weighted by Gasteiger charge is 2.35. The molecule has 10 heteroatoms. The molecule has 1 aromatic heterocycles. The molecule has 3 aromatic rings. The second kappa shape index (κ2) is 7.90. The van der Waals surface area contributed by atoms with Gasteiger partial charge in [-0.25, -0.2) is 8.42 Å². The average molecular weight is 485 g/mol. The summed E-state index contributed by atoms with van der Waals surface area (Å²) < 4.78 is 29.5. The summed E-state index contributed by atoms with van der Waals surface area (Å²) in [5, 5.41) is 0.626. The highest BCUT2D eigenvalue weighted by atomic mass is 35.5. The Morgan fingerprint density at radius 3 is 2.30 bits per heavy atom. The second-order valence-corrected chi connectivity index (χ2v) is 9.91. The highest BCUT2D eigenvalue weighted by molar-refractivity contribution is 7.89. The first kappa shape index (κ1) is 21.2. The minimum Gasteiger partial charge on any atom is -0.365 e. The van der Waals surface area contributed by atoms with Crippen LogP contribution in [0, 0.1) is 0 Å². The van der Waals surface area contributed by atoms with Gasteiger partial charge in [-0.05, 0) is 23.8 Å². The van der Waals surface area contributed by atoms with Crippen molar-refractivity contribution in [3.63, 3.8) is 0 Å². The third-order valence-corrected chi connectivity index (χ3v) is 7.98. The molecule has 2 heterocycles. The van der Waals surface area contributed by atoms with Crippen LogP contribution in [0.3, 0.4) is 0 Å². The van der Waals surface area contributed by atoms with E-state index in [1.165, 1.54) is 22.5 Å². The molecule has 2 N–H and O–H groups in total. The van der Waals surface area contributed by atoms with Crippen molar-refractivity contribution in [3.8, 4) is 11.3 Å². The van der Waals surface area contributed by atoms with Crippen molar-refractivity contribution in [2.24, 2.45) is 5.73 Å². The Morgan fingerprint density at radius 2 is 1.67 bits per heavy atom. The molecule has 0 saturated carbocycles. The summed E-state index contributed by atoms with van der Waals surface area (Å²) in [5.74, 6) is -0.709. The van der Waals surface area contributed by atoms with Crippen LogP contribution < -0.4 is 5.73 Å². The van der Waals surface area contributed by atoms with E-state index in [-0.39, 0.29) is 38.6 Å². The van der Waals surface area contributed by atoms with Gasteiger partial charge in [0.25, 0.3) is 5.91 Å². The van der Waals surface area contributed by atoms with Crippen molar-refractivity contribution >= 4 is 50.7 Å². The topological polar surface area (TPSA) is 85.4 Å². The summed E-state index contributed by atoms with van der Waals surface area (Å²) in [4.78, 5) is 12.2. The summed E-state index contributed by atoms with van der Waals surface area (Å²) in [6.07, 6.45) is 0. The zero-order valence-electron chi connectivity index (χ0n) is 15.5. The molecule has 6 nitrogen and oxygen atoms in total. The number of amides is 1. The fourth-order valence-electron chi connectivity index (χ4n) is 3.62. The molecule has 0 unspecified atom stereocenters. The van der Waals surface area contributed by atoms with Crippen LogP contribution in [-0.2, 0) is 23.1 Å². The lowest BCUT2D eigenvalue weighted by Crippen LogP contribution is -2.39. The second-order valence-electron chi connectivity index (χ2n) is 6.78. The van der Waals surface area contributed by atoms with Crippen LogP contribution in [0.5, 0.6) is 0 Å². The fourth-order valence-corrected chi connectivity index (χ4v) is 5.82. The maximum absolute atomic E-state index is 13.2. The van der Waals surface area contributed by atoms with Gasteiger partial charge in [-0.1, -0.05) is 65.1 Å². The lowest BCUT2D eigenvalue weighted by atomic mass is 10.1. The molecule has 0 spiro atoms. The molecule has 4 rings (SSSR count). The van der Waals surface area contributed by atoms with Crippen LogP contribution in [0.25, 0.3) is 11.3 Å². The third-order valence-electron chi connectivity index (χ3n) is 5.03. The van der Waals surface area contributed by atoms with E-state index in [9.17, 15) is 13.2 Å². The Kier molecular flexibility index (Phi) is 5.59. The lowest BCUT2D eigenvalue weighted by molar-refractivity contribution is 0.0998. The fraction of sp³-hybridized carbons (Fsp3) is 0.150. The Morgan fingerprint density at radius 1 is 0.967 bits per heavy atom. The minimum absolute atomic E-state index is 0.0203. The van der Waals surface area contributed by atoms with Crippen LogP contribution in [-0.4, -0.2) is 29.7 Å². The summed E-state index contributed by atoms with van der Waals surface area (Å²) in [5.41, 5.74) is 7.65. The number of halogens is 3. The number of carbonyl (C=O) groups is 1. The number of rotatable bonds is 4. The van der Waals surface area contributed by atoms with Gasteiger partial charge in [0.05, 0.1) is 37.8 Å². The molecular weight excluding hydrogens is 469 g/mol. The van der Waals surface area contributed by atoms with Crippen LogP contribution in [0.2, 0.25) is 15.1 Å². The van der Waals surface area contributed by atoms with E-state index in [1.807, 2.05) is 34.9 Å². The first-order valence-corrected chi connectivity index (χ1v) is 11.5. The van der Waals surface area contributed by atoms with Gasteiger partial charge in [0, 0.05) is 18.8 Å². The first-order chi connectivity index (χ1) is 14.2. The number of hydrogen-bond donors (Lipinski definition) is 1. The van der Waals surface area contributed by atoms with Gasteiger partial charge in [0.1, 0.15) is 0 Å². The quantitative estimate of drug-likeness (QED) is 0.595. The van der Waals surface area contributed by atoms with Crippen molar-refractivity contribution in [1.82, 2.24) is 8.87 Å². The third kappa shape index (κ3) is 3.50. The number of carbonyl (C=O) groups excluding carboxylic acids is 1. The Hall–Kier alpha value is -2.03. The SMILES string of the molecule is NC(=O)c1c(Cl)c(-c2ccccc2)n2c1CN(S(=O)(=O)c1ccc(Cl)c(Cl)c1)CC2. The number of primary amides is 1. The molecule has 2 aromatic carbocycles. The van der Waals surface area contributed by atoms with Crippen LogP contribution in [0.15, 0.2) is 53.4 Å². The molecule has 0 radical (unpaired) electrons. The molecule has 0 bridgehead atoms. The van der Waals surface area contributed by atoms with Gasteiger partial charge in [-0.3, -0.25) is 4.79 Å². The van der Waals surface area contributed by atoms with Crippen LogP contribution in [0.4, 0.5) is 0 Å². The Bertz CT molecular complexity index is 1260. The number of fused-ring (bicyclic) bond motifs is 1. The van der Waals surface area contributed by atoms with Gasteiger partial charge in [0.2, 0.25) is 10.0 Å². The van der Waals surface area contributed by atoms with Gasteiger partial charge >= 0.3 is 0 Å². The lowest BCUT2D eigenvalue weighted by Gasteiger charge is -2.29. The Labute approximate surface area is 188 Å². The molecule has 1 amide bonds. The first-order valence-electron chi connectivity index (χ1n) is 8.93. The van der Waals surface area contributed by atoms with Gasteiger partial charge in [0.15, 0.2) is 0 Å². The van der Waals surface area contributed by atoms with Crippen LogP contribution in [0.1, 0.15) is 16.1 Å². The molecule has 0 fully saturated rings. The highest BCUT2D eigenvalue weighted by Crippen LogP contribution is 2.39. The van der Waals surface area contributed by atoms with Crippen molar-refractivity contribution < 1.29 is 13.2 Å². The predicted molar refractivity (Wildman–Crippen MR) is 117 cm³/mol. The molecule has 1 aliphatic rings. The minimum atomic E-state index is -3.87. The largest absolute Gasteiger partial charge is 0.365 e. The molecule has 0 atom stereocenters. The molecule has 156 valence electrons. The summed E-state index contributed by atoms with van der Waals surface area (Å²) in [6, 6.07) is 13.5. The smallest absolute Gasteiger partial charge is 0.252 e. The van der Waals surface area contributed by atoms with Crippen molar-refractivity contribution in [3.05, 3.63) is 74.9 Å². The summed E-state index contributed by atoms with van der Waals surface area (Å²) in [7, 11) is -3.87. The summed E-state index contributed by atoms with van der Waals surface area (Å²) >= 11 is 18.5. The van der Waals surface area contributed by atoms with E-state index >= 15 is 0 Å². The van der Waals surface area contributed by atoms with Crippen LogP contribution >= 0.6 is 34.8 Å². The maximum atomic E-state index is 13.2. The zero-order chi connectivity index (χ0) is 21.6. The monoisotopic (exact) mass is 483 g/mol. The number of nitrogens with two attached hydrogens (primary N) is 1. The number of nitrogens with zero attached hydrogens (tertiary/aromatic N) is 2. The van der Waals surface area contributed by atoms with E-state index in [4.69, 9.17) is 40.5 Å². The van der Waals surface area contributed by atoms with Crippen molar-refractivity contribution in [1.29, 1.82) is 0 Å².